The van der Waals surface area contributed by atoms with Gasteiger partial charge in [0.15, 0.2) is 5.79 Å². The SMILES string of the molecule is CC(=O)C(C(=O)O)C(C)c1ccc(NCC2COC(C)(C)O2)cc1. The molecule has 132 valence electrons. The maximum absolute atomic E-state index is 11.6. The lowest BCUT2D eigenvalue weighted by atomic mass is 9.85. The van der Waals surface area contributed by atoms with Gasteiger partial charge in [-0.3, -0.25) is 9.59 Å². The van der Waals surface area contributed by atoms with Crippen LogP contribution in [-0.2, 0) is 19.1 Å². The van der Waals surface area contributed by atoms with Crippen molar-refractivity contribution in [2.24, 2.45) is 5.92 Å². The summed E-state index contributed by atoms with van der Waals surface area (Å²) in [5.41, 5.74) is 1.73. The Hall–Kier alpha value is -1.92. The highest BCUT2D eigenvalue weighted by atomic mass is 16.7. The van der Waals surface area contributed by atoms with E-state index in [2.05, 4.69) is 5.32 Å². The maximum Gasteiger partial charge on any atom is 0.314 e. The monoisotopic (exact) mass is 335 g/mol. The second kappa shape index (κ2) is 7.32. The molecule has 1 saturated heterocycles. The van der Waals surface area contributed by atoms with E-state index in [4.69, 9.17) is 9.47 Å². The van der Waals surface area contributed by atoms with E-state index in [9.17, 15) is 14.7 Å². The zero-order chi connectivity index (χ0) is 17.9. The summed E-state index contributed by atoms with van der Waals surface area (Å²) in [6.45, 7) is 8.02. The largest absolute Gasteiger partial charge is 0.481 e. The first-order chi connectivity index (χ1) is 11.2. The zero-order valence-electron chi connectivity index (χ0n) is 14.5. The van der Waals surface area contributed by atoms with Crippen LogP contribution in [0.25, 0.3) is 0 Å². The van der Waals surface area contributed by atoms with Crippen molar-refractivity contribution < 1.29 is 24.2 Å². The fourth-order valence-corrected chi connectivity index (χ4v) is 2.93. The van der Waals surface area contributed by atoms with Crippen LogP contribution in [-0.4, -0.2) is 41.9 Å². The first kappa shape index (κ1) is 18.4. The van der Waals surface area contributed by atoms with Crippen molar-refractivity contribution in [3.8, 4) is 0 Å². The third-order valence-electron chi connectivity index (χ3n) is 4.24. The van der Waals surface area contributed by atoms with Crippen LogP contribution < -0.4 is 5.32 Å². The van der Waals surface area contributed by atoms with Crippen molar-refractivity contribution in [2.45, 2.75) is 45.5 Å². The van der Waals surface area contributed by atoms with Gasteiger partial charge in [0.05, 0.1) is 6.61 Å². The van der Waals surface area contributed by atoms with E-state index in [1.807, 2.05) is 38.1 Å². The highest BCUT2D eigenvalue weighted by Crippen LogP contribution is 2.27. The van der Waals surface area contributed by atoms with E-state index in [0.29, 0.717) is 13.2 Å². The van der Waals surface area contributed by atoms with Gasteiger partial charge in [-0.1, -0.05) is 19.1 Å². The molecular weight excluding hydrogens is 310 g/mol. The number of ether oxygens (including phenoxy) is 2. The van der Waals surface area contributed by atoms with E-state index >= 15 is 0 Å². The van der Waals surface area contributed by atoms with Gasteiger partial charge in [0, 0.05) is 18.2 Å². The molecule has 1 aromatic rings. The Kier molecular flexibility index (Phi) is 5.62. The lowest BCUT2D eigenvalue weighted by Crippen LogP contribution is -2.27. The number of nitrogens with one attached hydrogen (secondary N) is 1. The molecule has 0 aromatic heterocycles. The summed E-state index contributed by atoms with van der Waals surface area (Å²) in [7, 11) is 0. The zero-order valence-corrected chi connectivity index (χ0v) is 14.5. The van der Waals surface area contributed by atoms with Crippen LogP contribution in [0.2, 0.25) is 0 Å². The molecule has 3 atom stereocenters. The number of carbonyl (C=O) groups is 2. The van der Waals surface area contributed by atoms with Crippen molar-refractivity contribution in [1.82, 2.24) is 0 Å². The fraction of sp³-hybridized carbons (Fsp3) is 0.556. The number of anilines is 1. The standard InChI is InChI=1S/C18H25NO5/c1-11(16(12(2)20)17(21)22)13-5-7-14(8-6-13)19-9-15-10-23-18(3,4)24-15/h5-8,11,15-16,19H,9-10H2,1-4H3,(H,21,22). The van der Waals surface area contributed by atoms with Gasteiger partial charge in [-0.15, -0.1) is 0 Å². The van der Waals surface area contributed by atoms with Gasteiger partial charge >= 0.3 is 5.97 Å². The normalized spacial score (nSPS) is 21.9. The van der Waals surface area contributed by atoms with Gasteiger partial charge < -0.3 is 19.9 Å². The number of Topliss-reactive ketones (excluding diaryl/α,β-unsaturated/α-hetero) is 1. The van der Waals surface area contributed by atoms with Crippen LogP contribution in [0.15, 0.2) is 24.3 Å². The molecule has 1 aromatic carbocycles. The second-order valence-corrected chi connectivity index (χ2v) is 6.67. The number of ketones is 1. The summed E-state index contributed by atoms with van der Waals surface area (Å²) in [6.07, 6.45) is -0.00676. The van der Waals surface area contributed by atoms with Gasteiger partial charge in [0.25, 0.3) is 0 Å². The second-order valence-electron chi connectivity index (χ2n) is 6.67. The van der Waals surface area contributed by atoms with Crippen molar-refractivity contribution in [3.05, 3.63) is 29.8 Å². The van der Waals surface area contributed by atoms with E-state index in [1.54, 1.807) is 6.92 Å². The Morgan fingerprint density at radius 1 is 1.33 bits per heavy atom. The molecule has 24 heavy (non-hydrogen) atoms. The number of aliphatic carboxylic acids is 1. The molecule has 2 rings (SSSR count). The molecule has 1 fully saturated rings. The minimum atomic E-state index is -1.09. The van der Waals surface area contributed by atoms with Crippen LogP contribution in [0.5, 0.6) is 0 Å². The van der Waals surface area contributed by atoms with Gasteiger partial charge in [0.1, 0.15) is 17.8 Å². The van der Waals surface area contributed by atoms with Crippen LogP contribution in [0.1, 0.15) is 39.2 Å². The van der Waals surface area contributed by atoms with Gasteiger partial charge in [0.2, 0.25) is 0 Å². The predicted molar refractivity (Wildman–Crippen MR) is 90.1 cm³/mol. The van der Waals surface area contributed by atoms with E-state index in [0.717, 1.165) is 11.3 Å². The number of carbonyl (C=O) groups excluding carboxylic acids is 1. The molecule has 0 bridgehead atoms. The minimum Gasteiger partial charge on any atom is -0.481 e. The molecule has 2 N–H and O–H groups in total. The molecule has 1 aliphatic rings. The Balaban J connectivity index is 1.95. The van der Waals surface area contributed by atoms with Crippen molar-refractivity contribution >= 4 is 17.4 Å². The van der Waals surface area contributed by atoms with E-state index in [-0.39, 0.29) is 17.8 Å². The van der Waals surface area contributed by atoms with Gasteiger partial charge in [-0.25, -0.2) is 0 Å². The lowest BCUT2D eigenvalue weighted by molar-refractivity contribution is -0.146. The van der Waals surface area contributed by atoms with Crippen molar-refractivity contribution in [3.63, 3.8) is 0 Å². The molecule has 0 amide bonds. The van der Waals surface area contributed by atoms with Crippen LogP contribution in [0, 0.1) is 5.92 Å². The fourth-order valence-electron chi connectivity index (χ4n) is 2.93. The molecule has 3 unspecified atom stereocenters. The quantitative estimate of drug-likeness (QED) is 0.745. The number of carboxylic acids is 1. The third kappa shape index (κ3) is 4.55. The summed E-state index contributed by atoms with van der Waals surface area (Å²) < 4.78 is 11.2. The topological polar surface area (TPSA) is 84.9 Å². The van der Waals surface area contributed by atoms with Gasteiger partial charge in [-0.05, 0) is 38.5 Å². The Morgan fingerprint density at radius 3 is 2.42 bits per heavy atom. The molecular formula is C18H25NO5. The number of rotatable bonds is 7. The molecule has 0 saturated carbocycles. The Labute approximate surface area is 142 Å². The average Bonchev–Trinajstić information content (AvgIpc) is 2.84. The molecule has 1 heterocycles. The summed E-state index contributed by atoms with van der Waals surface area (Å²) >= 11 is 0. The van der Waals surface area contributed by atoms with Crippen LogP contribution >= 0.6 is 0 Å². The van der Waals surface area contributed by atoms with Crippen molar-refractivity contribution in [1.29, 1.82) is 0 Å². The average molecular weight is 335 g/mol. The van der Waals surface area contributed by atoms with Crippen LogP contribution in [0.4, 0.5) is 5.69 Å². The Bertz CT molecular complexity index is 582. The highest BCUT2D eigenvalue weighted by molar-refractivity contribution is 5.97. The first-order valence-corrected chi connectivity index (χ1v) is 8.08. The highest BCUT2D eigenvalue weighted by Gasteiger charge is 2.32. The van der Waals surface area contributed by atoms with Crippen molar-refractivity contribution in [2.75, 3.05) is 18.5 Å². The van der Waals surface area contributed by atoms with E-state index in [1.165, 1.54) is 6.92 Å². The number of hydrogen-bond donors (Lipinski definition) is 2. The number of benzene rings is 1. The molecule has 0 spiro atoms. The summed E-state index contributed by atoms with van der Waals surface area (Å²) in [4.78, 5) is 22.8. The summed E-state index contributed by atoms with van der Waals surface area (Å²) in [5.74, 6) is -3.35. The maximum atomic E-state index is 11.6. The third-order valence-corrected chi connectivity index (χ3v) is 4.24. The van der Waals surface area contributed by atoms with E-state index < -0.39 is 17.7 Å². The molecule has 6 nitrogen and oxygen atoms in total. The lowest BCUT2D eigenvalue weighted by Gasteiger charge is -2.19. The molecule has 0 radical (unpaired) electrons. The Morgan fingerprint density at radius 2 is 1.96 bits per heavy atom. The molecule has 6 heteroatoms. The smallest absolute Gasteiger partial charge is 0.314 e. The molecule has 1 aliphatic heterocycles. The number of hydrogen-bond acceptors (Lipinski definition) is 5. The molecule has 0 aliphatic carbocycles. The first-order valence-electron chi connectivity index (χ1n) is 8.08. The number of carboxylic acid groups (broad SMARTS) is 1. The predicted octanol–water partition coefficient (Wildman–Crippen LogP) is 2.64. The van der Waals surface area contributed by atoms with Crippen LogP contribution in [0.3, 0.4) is 0 Å². The summed E-state index contributed by atoms with van der Waals surface area (Å²) in [5, 5.41) is 12.5. The van der Waals surface area contributed by atoms with Gasteiger partial charge in [-0.2, -0.15) is 0 Å². The summed E-state index contributed by atoms with van der Waals surface area (Å²) in [6, 6.07) is 7.46. The minimum absolute atomic E-state index is 0.00676.